The fourth-order valence-electron chi connectivity index (χ4n) is 2.09. The average Bonchev–Trinajstić information content (AvgIpc) is 2.36. The van der Waals surface area contributed by atoms with Crippen molar-refractivity contribution in [3.05, 3.63) is 22.2 Å². The number of amides is 1. The van der Waals surface area contributed by atoms with Crippen molar-refractivity contribution in [3.8, 4) is 0 Å². The zero-order chi connectivity index (χ0) is 14.7. The second-order valence-corrected chi connectivity index (χ2v) is 5.64. The van der Waals surface area contributed by atoms with Gasteiger partial charge >= 0.3 is 0 Å². The number of ether oxygens (including phenoxy) is 1. The molecule has 1 unspecified atom stereocenters. The monoisotopic (exact) mass is 317 g/mol. The number of anilines is 2. The molecule has 1 aliphatic heterocycles. The molecule has 0 bridgehead atoms. The maximum Gasteiger partial charge on any atom is 0.238 e. The summed E-state index contributed by atoms with van der Waals surface area (Å²) < 4.78 is 5.33. The number of hydrogen-bond acceptors (Lipinski definition) is 4. The van der Waals surface area contributed by atoms with Gasteiger partial charge < -0.3 is 15.8 Å². The summed E-state index contributed by atoms with van der Waals surface area (Å²) in [5.74, 6) is -0.158. The van der Waals surface area contributed by atoms with Gasteiger partial charge in [0.15, 0.2) is 0 Å². The van der Waals surface area contributed by atoms with Crippen molar-refractivity contribution >= 4 is 40.5 Å². The first-order valence-electron chi connectivity index (χ1n) is 6.33. The molecule has 7 heteroatoms. The van der Waals surface area contributed by atoms with Gasteiger partial charge in [-0.25, -0.2) is 0 Å². The highest BCUT2D eigenvalue weighted by molar-refractivity contribution is 6.37. The lowest BCUT2D eigenvalue weighted by molar-refractivity contribution is -0.119. The molecular formula is C13H17Cl2N3O2. The molecule has 1 fully saturated rings. The minimum Gasteiger partial charge on any atom is -0.397 e. The lowest BCUT2D eigenvalue weighted by atomic mass is 10.2. The number of rotatable bonds is 3. The Morgan fingerprint density at radius 3 is 2.95 bits per heavy atom. The lowest BCUT2D eigenvalue weighted by Gasteiger charge is -2.32. The van der Waals surface area contributed by atoms with Gasteiger partial charge in [0.1, 0.15) is 0 Å². The first-order valence-corrected chi connectivity index (χ1v) is 7.09. The molecule has 1 heterocycles. The van der Waals surface area contributed by atoms with Crippen molar-refractivity contribution < 1.29 is 9.53 Å². The molecule has 1 atom stereocenters. The molecule has 1 aliphatic rings. The summed E-state index contributed by atoms with van der Waals surface area (Å²) in [6.45, 7) is 4.32. The van der Waals surface area contributed by atoms with E-state index in [1.165, 1.54) is 0 Å². The number of morpholine rings is 1. The van der Waals surface area contributed by atoms with Crippen LogP contribution in [-0.2, 0) is 9.53 Å². The lowest BCUT2D eigenvalue weighted by Crippen LogP contribution is -2.47. The van der Waals surface area contributed by atoms with Crippen LogP contribution < -0.4 is 11.1 Å². The van der Waals surface area contributed by atoms with Gasteiger partial charge in [-0.2, -0.15) is 0 Å². The fourth-order valence-corrected chi connectivity index (χ4v) is 2.64. The molecule has 3 N–H and O–H groups in total. The van der Waals surface area contributed by atoms with Gasteiger partial charge in [0, 0.05) is 17.6 Å². The summed E-state index contributed by atoms with van der Waals surface area (Å²) in [4.78, 5) is 14.1. The van der Waals surface area contributed by atoms with E-state index >= 15 is 0 Å². The van der Waals surface area contributed by atoms with Crippen LogP contribution in [0.4, 0.5) is 11.4 Å². The van der Waals surface area contributed by atoms with Crippen LogP contribution in [0.25, 0.3) is 0 Å². The molecule has 0 aromatic heterocycles. The Bertz CT molecular complexity index is 487. The van der Waals surface area contributed by atoms with Crippen molar-refractivity contribution in [1.29, 1.82) is 0 Å². The Balaban J connectivity index is 2.01. The molecule has 1 amide bonds. The molecule has 0 saturated carbocycles. The van der Waals surface area contributed by atoms with Gasteiger partial charge in [0.05, 0.1) is 36.2 Å². The van der Waals surface area contributed by atoms with E-state index in [1.807, 2.05) is 6.92 Å². The zero-order valence-corrected chi connectivity index (χ0v) is 12.7. The normalized spacial score (nSPS) is 19.9. The summed E-state index contributed by atoms with van der Waals surface area (Å²) in [7, 11) is 0. The molecule has 20 heavy (non-hydrogen) atoms. The van der Waals surface area contributed by atoms with E-state index in [1.54, 1.807) is 12.1 Å². The number of halogens is 2. The van der Waals surface area contributed by atoms with Gasteiger partial charge in [-0.15, -0.1) is 0 Å². The third-order valence-electron chi connectivity index (χ3n) is 3.20. The van der Waals surface area contributed by atoms with Crippen molar-refractivity contribution in [2.75, 3.05) is 37.4 Å². The van der Waals surface area contributed by atoms with Crippen LogP contribution in [-0.4, -0.2) is 43.2 Å². The fraction of sp³-hybridized carbons (Fsp3) is 0.462. The van der Waals surface area contributed by atoms with Crippen LogP contribution in [0.1, 0.15) is 6.92 Å². The van der Waals surface area contributed by atoms with Crippen molar-refractivity contribution in [1.82, 2.24) is 4.90 Å². The highest BCUT2D eigenvalue weighted by atomic mass is 35.5. The topological polar surface area (TPSA) is 67.6 Å². The van der Waals surface area contributed by atoms with E-state index in [2.05, 4.69) is 10.2 Å². The molecule has 1 aromatic carbocycles. The second-order valence-electron chi connectivity index (χ2n) is 4.79. The molecule has 0 radical (unpaired) electrons. The Morgan fingerprint density at radius 1 is 1.55 bits per heavy atom. The summed E-state index contributed by atoms with van der Waals surface area (Å²) in [6.07, 6.45) is 0. The summed E-state index contributed by atoms with van der Waals surface area (Å²) in [6, 6.07) is 3.32. The number of nitrogens with one attached hydrogen (secondary N) is 1. The van der Waals surface area contributed by atoms with Crippen molar-refractivity contribution in [3.63, 3.8) is 0 Å². The Kier molecular flexibility index (Phi) is 5.10. The van der Waals surface area contributed by atoms with E-state index in [9.17, 15) is 4.79 Å². The third-order valence-corrected chi connectivity index (χ3v) is 3.72. The Hall–Kier alpha value is -1.01. The molecule has 5 nitrogen and oxygen atoms in total. The Morgan fingerprint density at radius 2 is 2.30 bits per heavy atom. The van der Waals surface area contributed by atoms with E-state index in [4.69, 9.17) is 33.7 Å². The molecule has 1 aromatic rings. The highest BCUT2D eigenvalue weighted by Crippen LogP contribution is 2.31. The van der Waals surface area contributed by atoms with Crippen LogP contribution in [0.3, 0.4) is 0 Å². The zero-order valence-electron chi connectivity index (χ0n) is 11.2. The number of carbonyl (C=O) groups excluding carboxylic acids is 1. The standard InChI is InChI=1S/C13H17Cl2N3O2/c1-8-7-20-3-2-18(8)6-12(19)17-13-10(15)4-9(14)5-11(13)16/h4-5,8H,2-3,6-7,16H2,1H3,(H,17,19). The smallest absolute Gasteiger partial charge is 0.238 e. The number of nitrogen functional groups attached to an aromatic ring is 1. The molecule has 110 valence electrons. The van der Waals surface area contributed by atoms with Crippen molar-refractivity contribution in [2.24, 2.45) is 0 Å². The first-order chi connectivity index (χ1) is 9.47. The maximum atomic E-state index is 12.1. The summed E-state index contributed by atoms with van der Waals surface area (Å²) in [5, 5.41) is 3.51. The predicted octanol–water partition coefficient (Wildman–Crippen LogP) is 2.23. The van der Waals surface area contributed by atoms with Crippen LogP contribution >= 0.6 is 23.2 Å². The molecule has 0 aliphatic carbocycles. The SMILES string of the molecule is CC1COCCN1CC(=O)Nc1c(N)cc(Cl)cc1Cl. The highest BCUT2D eigenvalue weighted by Gasteiger charge is 2.21. The largest absolute Gasteiger partial charge is 0.397 e. The van der Waals surface area contributed by atoms with E-state index in [-0.39, 0.29) is 18.5 Å². The third kappa shape index (κ3) is 3.76. The van der Waals surface area contributed by atoms with Gasteiger partial charge in [0.2, 0.25) is 5.91 Å². The maximum absolute atomic E-state index is 12.1. The molecule has 1 saturated heterocycles. The van der Waals surface area contributed by atoms with E-state index in [0.717, 1.165) is 6.54 Å². The molecule has 2 rings (SSSR count). The average molecular weight is 318 g/mol. The first kappa shape index (κ1) is 15.4. The van der Waals surface area contributed by atoms with Crippen LogP contribution in [0.2, 0.25) is 10.0 Å². The molecule has 0 spiro atoms. The van der Waals surface area contributed by atoms with Gasteiger partial charge in [0.25, 0.3) is 0 Å². The van der Waals surface area contributed by atoms with E-state index in [0.29, 0.717) is 34.6 Å². The van der Waals surface area contributed by atoms with Crippen LogP contribution in [0.5, 0.6) is 0 Å². The van der Waals surface area contributed by atoms with Gasteiger partial charge in [-0.3, -0.25) is 9.69 Å². The minimum atomic E-state index is -0.158. The Labute approximate surface area is 128 Å². The van der Waals surface area contributed by atoms with E-state index < -0.39 is 0 Å². The number of carbonyl (C=O) groups is 1. The number of benzene rings is 1. The quantitative estimate of drug-likeness (QED) is 0.839. The van der Waals surface area contributed by atoms with Crippen LogP contribution in [0.15, 0.2) is 12.1 Å². The summed E-state index contributed by atoms with van der Waals surface area (Å²) in [5.41, 5.74) is 6.57. The molecular weight excluding hydrogens is 301 g/mol. The number of nitrogens with two attached hydrogens (primary N) is 1. The minimum absolute atomic E-state index is 0.158. The predicted molar refractivity (Wildman–Crippen MR) is 81.4 cm³/mol. The number of hydrogen-bond donors (Lipinski definition) is 2. The van der Waals surface area contributed by atoms with Gasteiger partial charge in [-0.1, -0.05) is 23.2 Å². The van der Waals surface area contributed by atoms with Crippen LogP contribution in [0, 0.1) is 0 Å². The van der Waals surface area contributed by atoms with Crippen molar-refractivity contribution in [2.45, 2.75) is 13.0 Å². The number of nitrogens with zero attached hydrogens (tertiary/aromatic N) is 1. The van der Waals surface area contributed by atoms with Gasteiger partial charge in [-0.05, 0) is 19.1 Å². The second kappa shape index (κ2) is 6.63. The summed E-state index contributed by atoms with van der Waals surface area (Å²) >= 11 is 11.9.